The number of sulfone groups is 1. The second-order valence-corrected chi connectivity index (χ2v) is 5.36. The first kappa shape index (κ1) is 12.0. The lowest BCUT2D eigenvalue weighted by Gasteiger charge is -2.07. The fourth-order valence-electron chi connectivity index (χ4n) is 1.19. The number of rotatable bonds is 4. The van der Waals surface area contributed by atoms with Crippen LogP contribution in [0, 0.1) is 0 Å². The van der Waals surface area contributed by atoms with E-state index in [9.17, 15) is 13.5 Å². The quantitative estimate of drug-likeness (QED) is 0.805. The van der Waals surface area contributed by atoms with Crippen LogP contribution < -0.4 is 5.32 Å². The van der Waals surface area contributed by atoms with Crippen molar-refractivity contribution < 1.29 is 13.5 Å². The molecule has 0 spiro atoms. The van der Waals surface area contributed by atoms with Crippen LogP contribution in [0.25, 0.3) is 0 Å². The molecular formula is C10H15NO3S. The van der Waals surface area contributed by atoms with Gasteiger partial charge < -0.3 is 10.4 Å². The number of benzene rings is 1. The Morgan fingerprint density at radius 1 is 1.40 bits per heavy atom. The summed E-state index contributed by atoms with van der Waals surface area (Å²) < 4.78 is 22.5. The Hall–Kier alpha value is -1.07. The number of nitrogens with one attached hydrogen (secondary N) is 1. The van der Waals surface area contributed by atoms with E-state index in [1.165, 1.54) is 18.2 Å². The first-order valence-electron chi connectivity index (χ1n) is 4.68. The summed E-state index contributed by atoms with van der Waals surface area (Å²) >= 11 is 0. The summed E-state index contributed by atoms with van der Waals surface area (Å²) in [6.45, 7) is 3.17. The van der Waals surface area contributed by atoms with E-state index < -0.39 is 9.84 Å². The van der Waals surface area contributed by atoms with Crippen LogP contribution in [0.5, 0.6) is 5.75 Å². The van der Waals surface area contributed by atoms with Crippen LogP contribution >= 0.6 is 0 Å². The third-order valence-corrected chi connectivity index (χ3v) is 3.15. The minimum absolute atomic E-state index is 0.114. The van der Waals surface area contributed by atoms with Gasteiger partial charge in [0.15, 0.2) is 9.84 Å². The average Bonchev–Trinajstić information content (AvgIpc) is 2.15. The molecule has 0 atom stereocenters. The second kappa shape index (κ2) is 4.63. The van der Waals surface area contributed by atoms with E-state index in [4.69, 9.17) is 0 Å². The van der Waals surface area contributed by atoms with E-state index in [0.717, 1.165) is 12.8 Å². The molecule has 1 aromatic rings. The summed E-state index contributed by atoms with van der Waals surface area (Å²) in [7, 11) is -3.21. The molecule has 0 unspecified atom stereocenters. The largest absolute Gasteiger partial charge is 0.508 e. The van der Waals surface area contributed by atoms with Crippen LogP contribution in [0.4, 0.5) is 0 Å². The zero-order valence-corrected chi connectivity index (χ0v) is 9.63. The molecule has 84 valence electrons. The maximum atomic E-state index is 11.3. The molecule has 1 aromatic carbocycles. The highest BCUT2D eigenvalue weighted by Crippen LogP contribution is 2.20. The van der Waals surface area contributed by atoms with Crippen LogP contribution in [0.2, 0.25) is 0 Å². The van der Waals surface area contributed by atoms with E-state index in [-0.39, 0.29) is 10.6 Å². The zero-order chi connectivity index (χ0) is 11.5. The van der Waals surface area contributed by atoms with Gasteiger partial charge in [-0.15, -0.1) is 0 Å². The van der Waals surface area contributed by atoms with Gasteiger partial charge in [-0.25, -0.2) is 8.42 Å². The molecule has 0 aliphatic heterocycles. The highest BCUT2D eigenvalue weighted by Gasteiger charge is 2.09. The molecule has 1 rings (SSSR count). The van der Waals surface area contributed by atoms with Crippen LogP contribution in [0.3, 0.4) is 0 Å². The van der Waals surface area contributed by atoms with Crippen LogP contribution in [0.1, 0.15) is 12.5 Å². The first-order chi connectivity index (χ1) is 6.95. The van der Waals surface area contributed by atoms with Crippen molar-refractivity contribution >= 4 is 9.84 Å². The molecule has 0 amide bonds. The van der Waals surface area contributed by atoms with Gasteiger partial charge in [0, 0.05) is 18.4 Å². The van der Waals surface area contributed by atoms with Crippen LogP contribution in [0.15, 0.2) is 23.1 Å². The summed E-state index contributed by atoms with van der Waals surface area (Å²) in [5, 5.41) is 12.5. The third-order valence-electron chi connectivity index (χ3n) is 2.04. The molecule has 0 saturated carbocycles. The smallest absolute Gasteiger partial charge is 0.175 e. The van der Waals surface area contributed by atoms with Crippen molar-refractivity contribution in [3.8, 4) is 5.75 Å². The SMILES string of the molecule is CCNCc1cc(S(C)(=O)=O)ccc1O. The highest BCUT2D eigenvalue weighted by atomic mass is 32.2. The number of hydrogen-bond donors (Lipinski definition) is 2. The van der Waals surface area contributed by atoms with Crippen molar-refractivity contribution in [1.82, 2.24) is 5.32 Å². The molecule has 0 fully saturated rings. The van der Waals surface area contributed by atoms with E-state index >= 15 is 0 Å². The van der Waals surface area contributed by atoms with E-state index in [0.29, 0.717) is 12.1 Å². The molecule has 0 heterocycles. The molecule has 0 radical (unpaired) electrons. The summed E-state index contributed by atoms with van der Waals surface area (Å²) in [5.74, 6) is 0.114. The Morgan fingerprint density at radius 2 is 2.07 bits per heavy atom. The Bertz CT molecular complexity index is 440. The maximum Gasteiger partial charge on any atom is 0.175 e. The van der Waals surface area contributed by atoms with Gasteiger partial charge in [0.05, 0.1) is 4.90 Å². The Kier molecular flexibility index (Phi) is 3.71. The minimum atomic E-state index is -3.21. The zero-order valence-electron chi connectivity index (χ0n) is 8.82. The van der Waals surface area contributed by atoms with E-state index in [1.807, 2.05) is 6.92 Å². The Labute approximate surface area is 89.9 Å². The van der Waals surface area contributed by atoms with Crippen molar-refractivity contribution in [3.63, 3.8) is 0 Å². The minimum Gasteiger partial charge on any atom is -0.508 e. The fraction of sp³-hybridized carbons (Fsp3) is 0.400. The topological polar surface area (TPSA) is 66.4 Å². The van der Waals surface area contributed by atoms with Gasteiger partial charge in [0.2, 0.25) is 0 Å². The highest BCUT2D eigenvalue weighted by molar-refractivity contribution is 7.90. The molecule has 0 aliphatic rings. The second-order valence-electron chi connectivity index (χ2n) is 3.34. The average molecular weight is 229 g/mol. The Balaban J connectivity index is 3.06. The monoisotopic (exact) mass is 229 g/mol. The third kappa shape index (κ3) is 3.21. The molecular weight excluding hydrogens is 214 g/mol. The number of phenolic OH excluding ortho intramolecular Hbond substituents is 1. The molecule has 15 heavy (non-hydrogen) atoms. The summed E-state index contributed by atoms with van der Waals surface area (Å²) in [6, 6.07) is 4.30. The van der Waals surface area contributed by atoms with Gasteiger partial charge >= 0.3 is 0 Å². The lowest BCUT2D eigenvalue weighted by Crippen LogP contribution is -2.12. The molecule has 0 aliphatic carbocycles. The lowest BCUT2D eigenvalue weighted by molar-refractivity contribution is 0.464. The lowest BCUT2D eigenvalue weighted by atomic mass is 10.2. The van der Waals surface area contributed by atoms with Gasteiger partial charge in [-0.3, -0.25) is 0 Å². The standard InChI is InChI=1S/C10H15NO3S/c1-3-11-7-8-6-9(15(2,13)14)4-5-10(8)12/h4-6,11-12H,3,7H2,1-2H3. The van der Waals surface area contributed by atoms with Crippen molar-refractivity contribution in [1.29, 1.82) is 0 Å². The number of aromatic hydroxyl groups is 1. The number of phenols is 1. The molecule has 0 bridgehead atoms. The van der Waals surface area contributed by atoms with Gasteiger partial charge in [-0.2, -0.15) is 0 Å². The predicted molar refractivity (Wildman–Crippen MR) is 58.6 cm³/mol. The van der Waals surface area contributed by atoms with Gasteiger partial charge in [-0.1, -0.05) is 6.92 Å². The van der Waals surface area contributed by atoms with Crippen molar-refractivity contribution in [2.45, 2.75) is 18.4 Å². The number of hydrogen-bond acceptors (Lipinski definition) is 4. The maximum absolute atomic E-state index is 11.3. The molecule has 0 saturated heterocycles. The molecule has 5 heteroatoms. The fourth-order valence-corrected chi connectivity index (χ4v) is 1.87. The molecule has 2 N–H and O–H groups in total. The van der Waals surface area contributed by atoms with Crippen molar-refractivity contribution in [3.05, 3.63) is 23.8 Å². The molecule has 0 aromatic heterocycles. The van der Waals surface area contributed by atoms with Gasteiger partial charge in [0.25, 0.3) is 0 Å². The molecule has 4 nitrogen and oxygen atoms in total. The van der Waals surface area contributed by atoms with E-state index in [1.54, 1.807) is 0 Å². The van der Waals surface area contributed by atoms with Crippen LogP contribution in [-0.4, -0.2) is 26.3 Å². The van der Waals surface area contributed by atoms with Gasteiger partial charge in [-0.05, 0) is 24.7 Å². The van der Waals surface area contributed by atoms with Crippen LogP contribution in [-0.2, 0) is 16.4 Å². The summed E-state index contributed by atoms with van der Waals surface area (Å²) in [6.07, 6.45) is 1.15. The normalized spacial score (nSPS) is 11.6. The predicted octanol–water partition coefficient (Wildman–Crippen LogP) is 0.905. The van der Waals surface area contributed by atoms with Crippen molar-refractivity contribution in [2.24, 2.45) is 0 Å². The summed E-state index contributed by atoms with van der Waals surface area (Å²) in [4.78, 5) is 0.230. The first-order valence-corrected chi connectivity index (χ1v) is 6.57. The van der Waals surface area contributed by atoms with Gasteiger partial charge in [0.1, 0.15) is 5.75 Å². The van der Waals surface area contributed by atoms with E-state index in [2.05, 4.69) is 5.32 Å². The van der Waals surface area contributed by atoms with Crippen molar-refractivity contribution in [2.75, 3.05) is 12.8 Å². The Morgan fingerprint density at radius 3 is 2.60 bits per heavy atom. The summed E-state index contributed by atoms with van der Waals surface area (Å²) in [5.41, 5.74) is 0.597.